The summed E-state index contributed by atoms with van der Waals surface area (Å²) in [4.78, 5) is 11.6. The molecule has 3 nitrogen and oxygen atoms in total. The third kappa shape index (κ3) is 15.1. The Bertz CT molecular complexity index is 348. The minimum Gasteiger partial charge on any atom is -0.427 e. The molecule has 0 radical (unpaired) electrons. The Morgan fingerprint density at radius 3 is 1.03 bits per heavy atom. The van der Waals surface area contributed by atoms with Crippen LogP contribution in [0.5, 0.6) is 0 Å². The summed E-state index contributed by atoms with van der Waals surface area (Å²) in [6.45, 7) is 4.54. The van der Waals surface area contributed by atoms with E-state index in [4.69, 9.17) is 9.47 Å². The van der Waals surface area contributed by atoms with Crippen LogP contribution in [0, 0.1) is 0 Å². The summed E-state index contributed by atoms with van der Waals surface area (Å²) >= 11 is 0. The Kier molecular flexibility index (Phi) is 18.4. The molecule has 2 unspecified atom stereocenters. The van der Waals surface area contributed by atoms with Crippen molar-refractivity contribution in [1.29, 1.82) is 0 Å². The van der Waals surface area contributed by atoms with Crippen LogP contribution in [0.1, 0.15) is 155 Å². The molecule has 0 saturated carbocycles. The molecular weight excluding hydrogens is 372 g/mol. The summed E-state index contributed by atoms with van der Waals surface area (Å²) in [6.07, 6.45) is 28.3. The Hall–Kier alpha value is -0.730. The molecule has 3 heteroatoms. The number of carbonyl (C=O) groups excluding carboxylic acids is 1. The van der Waals surface area contributed by atoms with Crippen LogP contribution in [-0.4, -0.2) is 18.4 Å². The lowest BCUT2D eigenvalue weighted by atomic mass is 9.99. The molecule has 1 aliphatic heterocycles. The van der Waals surface area contributed by atoms with Crippen LogP contribution in [-0.2, 0) is 9.47 Å². The van der Waals surface area contributed by atoms with Crippen LogP contribution in [0.4, 0.5) is 4.79 Å². The first-order chi connectivity index (χ1) is 14.8. The smallest absolute Gasteiger partial charge is 0.427 e. The molecule has 1 heterocycles. The third-order valence-electron chi connectivity index (χ3n) is 6.59. The first-order valence-electron chi connectivity index (χ1n) is 13.6. The van der Waals surface area contributed by atoms with Gasteiger partial charge in [-0.25, -0.2) is 4.79 Å². The molecule has 0 N–H and O–H groups in total. The molecule has 0 spiro atoms. The number of carbonyl (C=O) groups is 1. The molecule has 1 aliphatic rings. The van der Waals surface area contributed by atoms with Gasteiger partial charge in [-0.2, -0.15) is 0 Å². The minimum atomic E-state index is -0.441. The summed E-state index contributed by atoms with van der Waals surface area (Å²) in [5.41, 5.74) is 0. The number of unbranched alkanes of at least 4 members (excludes halogenated alkanes) is 18. The quantitative estimate of drug-likeness (QED) is 0.128. The van der Waals surface area contributed by atoms with Crippen LogP contribution >= 0.6 is 0 Å². The summed E-state index contributed by atoms with van der Waals surface area (Å²) in [6, 6.07) is 0. The Balaban J connectivity index is 1.95. The fourth-order valence-electron chi connectivity index (χ4n) is 4.58. The molecule has 0 aliphatic carbocycles. The highest BCUT2D eigenvalue weighted by molar-refractivity contribution is 5.62. The van der Waals surface area contributed by atoms with Crippen molar-refractivity contribution in [2.45, 2.75) is 167 Å². The monoisotopic (exact) mass is 424 g/mol. The molecule has 0 aromatic rings. The van der Waals surface area contributed by atoms with E-state index in [0.29, 0.717) is 0 Å². The first-order valence-corrected chi connectivity index (χ1v) is 13.6. The molecule has 1 fully saturated rings. The standard InChI is InChI=1S/C27H52O3/c1-3-5-7-9-11-13-15-17-19-21-23-25-26(30-27(28)29-25)24-22-20-18-16-14-12-10-8-6-4-2/h25-26H,3-24H2,1-2H3. The maximum atomic E-state index is 11.6. The molecule has 178 valence electrons. The van der Waals surface area contributed by atoms with E-state index in [1.54, 1.807) is 0 Å². The Morgan fingerprint density at radius 1 is 0.467 bits per heavy atom. The van der Waals surface area contributed by atoms with Gasteiger partial charge in [-0.05, 0) is 25.7 Å². The zero-order chi connectivity index (χ0) is 21.7. The van der Waals surface area contributed by atoms with E-state index in [9.17, 15) is 4.79 Å². The van der Waals surface area contributed by atoms with Crippen molar-refractivity contribution >= 4 is 6.16 Å². The van der Waals surface area contributed by atoms with Gasteiger partial charge in [0.05, 0.1) is 0 Å². The van der Waals surface area contributed by atoms with Gasteiger partial charge in [-0.3, -0.25) is 0 Å². The summed E-state index contributed by atoms with van der Waals surface area (Å²) in [5.74, 6) is 0. The topological polar surface area (TPSA) is 35.5 Å². The lowest BCUT2D eigenvalue weighted by Gasteiger charge is -2.15. The second kappa shape index (κ2) is 20.2. The van der Waals surface area contributed by atoms with Gasteiger partial charge in [0.2, 0.25) is 0 Å². The van der Waals surface area contributed by atoms with Crippen LogP contribution in [0.3, 0.4) is 0 Å². The molecular formula is C27H52O3. The predicted molar refractivity (Wildman–Crippen MR) is 128 cm³/mol. The van der Waals surface area contributed by atoms with Crippen molar-refractivity contribution in [1.82, 2.24) is 0 Å². The summed E-state index contributed by atoms with van der Waals surface area (Å²) in [5, 5.41) is 0. The van der Waals surface area contributed by atoms with Crippen molar-refractivity contribution in [3.05, 3.63) is 0 Å². The van der Waals surface area contributed by atoms with Crippen molar-refractivity contribution < 1.29 is 14.3 Å². The number of rotatable bonds is 22. The van der Waals surface area contributed by atoms with E-state index >= 15 is 0 Å². The van der Waals surface area contributed by atoms with Gasteiger partial charge >= 0.3 is 6.16 Å². The van der Waals surface area contributed by atoms with Crippen molar-refractivity contribution in [3.63, 3.8) is 0 Å². The van der Waals surface area contributed by atoms with Crippen LogP contribution in [0.25, 0.3) is 0 Å². The maximum absolute atomic E-state index is 11.6. The van der Waals surface area contributed by atoms with Gasteiger partial charge in [0, 0.05) is 0 Å². The van der Waals surface area contributed by atoms with Crippen LogP contribution in [0.2, 0.25) is 0 Å². The number of cyclic esters (lactones) is 2. The van der Waals surface area contributed by atoms with Gasteiger partial charge in [0.25, 0.3) is 0 Å². The van der Waals surface area contributed by atoms with Crippen LogP contribution < -0.4 is 0 Å². The first kappa shape index (κ1) is 27.3. The number of hydrogen-bond donors (Lipinski definition) is 0. The second-order valence-electron chi connectivity index (χ2n) is 9.50. The Morgan fingerprint density at radius 2 is 0.733 bits per heavy atom. The molecule has 0 bridgehead atoms. The van der Waals surface area contributed by atoms with Gasteiger partial charge in [-0.1, -0.05) is 129 Å². The molecule has 2 atom stereocenters. The zero-order valence-corrected chi connectivity index (χ0v) is 20.4. The van der Waals surface area contributed by atoms with E-state index < -0.39 is 6.16 Å². The van der Waals surface area contributed by atoms with Gasteiger partial charge in [-0.15, -0.1) is 0 Å². The van der Waals surface area contributed by atoms with E-state index in [2.05, 4.69) is 13.8 Å². The molecule has 0 aromatic heterocycles. The molecule has 0 amide bonds. The normalized spacial score (nSPS) is 18.5. The van der Waals surface area contributed by atoms with Crippen molar-refractivity contribution in [3.8, 4) is 0 Å². The lowest BCUT2D eigenvalue weighted by molar-refractivity contribution is 0.114. The largest absolute Gasteiger partial charge is 0.509 e. The summed E-state index contributed by atoms with van der Waals surface area (Å²) < 4.78 is 10.9. The molecule has 0 aromatic carbocycles. The van der Waals surface area contributed by atoms with Gasteiger partial charge < -0.3 is 9.47 Å². The number of hydrogen-bond acceptors (Lipinski definition) is 3. The zero-order valence-electron chi connectivity index (χ0n) is 20.4. The van der Waals surface area contributed by atoms with Gasteiger partial charge in [0.1, 0.15) is 12.2 Å². The van der Waals surface area contributed by atoms with E-state index in [1.807, 2.05) is 0 Å². The predicted octanol–water partition coefficient (Wildman–Crippen LogP) is 9.51. The van der Waals surface area contributed by atoms with E-state index in [1.165, 1.54) is 116 Å². The van der Waals surface area contributed by atoms with E-state index in [-0.39, 0.29) is 12.2 Å². The van der Waals surface area contributed by atoms with Gasteiger partial charge in [0.15, 0.2) is 0 Å². The lowest BCUT2D eigenvalue weighted by Crippen LogP contribution is -2.22. The molecule has 1 saturated heterocycles. The fraction of sp³-hybridized carbons (Fsp3) is 0.963. The highest BCUT2D eigenvalue weighted by Gasteiger charge is 2.35. The molecule has 30 heavy (non-hydrogen) atoms. The molecule has 1 rings (SSSR count). The van der Waals surface area contributed by atoms with E-state index in [0.717, 1.165) is 25.7 Å². The number of ether oxygens (including phenoxy) is 2. The van der Waals surface area contributed by atoms with Crippen molar-refractivity contribution in [2.75, 3.05) is 0 Å². The second-order valence-corrected chi connectivity index (χ2v) is 9.50. The highest BCUT2D eigenvalue weighted by atomic mass is 16.8. The minimum absolute atomic E-state index is 0.00473. The third-order valence-corrected chi connectivity index (χ3v) is 6.59. The summed E-state index contributed by atoms with van der Waals surface area (Å²) in [7, 11) is 0. The van der Waals surface area contributed by atoms with Crippen LogP contribution in [0.15, 0.2) is 0 Å². The SMILES string of the molecule is CCCCCCCCCCCCC1OC(=O)OC1CCCCCCCCCCCC. The average Bonchev–Trinajstić information content (AvgIpc) is 3.10. The van der Waals surface area contributed by atoms with Crippen molar-refractivity contribution in [2.24, 2.45) is 0 Å². The highest BCUT2D eigenvalue weighted by Crippen LogP contribution is 2.25. The maximum Gasteiger partial charge on any atom is 0.509 e. The average molecular weight is 425 g/mol. The fourth-order valence-corrected chi connectivity index (χ4v) is 4.58. The Labute approximate surface area is 188 Å².